The SMILES string of the molecule is CN=C(NCc1ccc(NC(=O)c2ccco2)cc1)NCC1CC(=O)Nc2ccccc21.I. The summed E-state index contributed by atoms with van der Waals surface area (Å²) in [5.74, 6) is 0.740. The predicted molar refractivity (Wildman–Crippen MR) is 139 cm³/mol. The number of rotatable bonds is 6. The number of para-hydroxylation sites is 1. The Kier molecular flexibility index (Phi) is 8.47. The molecule has 0 spiro atoms. The van der Waals surface area contributed by atoms with Crippen LogP contribution in [0.4, 0.5) is 11.4 Å². The number of anilines is 2. The fourth-order valence-corrected chi connectivity index (χ4v) is 3.62. The molecule has 2 aromatic carbocycles. The number of carbonyl (C=O) groups excluding carboxylic acids is 2. The summed E-state index contributed by atoms with van der Waals surface area (Å²) in [7, 11) is 1.71. The van der Waals surface area contributed by atoms with Gasteiger partial charge >= 0.3 is 0 Å². The molecule has 2 amide bonds. The molecule has 0 saturated carbocycles. The second-order valence-electron chi connectivity index (χ2n) is 7.47. The monoisotopic (exact) mass is 559 g/mol. The number of halogens is 1. The predicted octanol–water partition coefficient (Wildman–Crippen LogP) is 3.94. The molecule has 0 radical (unpaired) electrons. The Balaban J connectivity index is 0.00000306. The maximum Gasteiger partial charge on any atom is 0.291 e. The maximum absolute atomic E-state index is 12.0. The van der Waals surface area contributed by atoms with Crippen molar-refractivity contribution in [2.75, 3.05) is 24.2 Å². The van der Waals surface area contributed by atoms with Gasteiger partial charge < -0.3 is 25.7 Å². The van der Waals surface area contributed by atoms with Gasteiger partial charge in [-0.05, 0) is 41.5 Å². The quantitative estimate of drug-likeness (QED) is 0.208. The molecule has 1 aromatic heterocycles. The molecular weight excluding hydrogens is 533 g/mol. The van der Waals surface area contributed by atoms with Crippen molar-refractivity contribution >= 4 is 53.1 Å². The van der Waals surface area contributed by atoms with E-state index >= 15 is 0 Å². The summed E-state index contributed by atoms with van der Waals surface area (Å²) >= 11 is 0. The van der Waals surface area contributed by atoms with Gasteiger partial charge in [-0.3, -0.25) is 14.6 Å². The Labute approximate surface area is 209 Å². The zero-order valence-electron chi connectivity index (χ0n) is 18.1. The van der Waals surface area contributed by atoms with Gasteiger partial charge in [0.05, 0.1) is 6.26 Å². The van der Waals surface area contributed by atoms with Crippen LogP contribution in [0.3, 0.4) is 0 Å². The Morgan fingerprint density at radius 3 is 2.61 bits per heavy atom. The summed E-state index contributed by atoms with van der Waals surface area (Å²) in [4.78, 5) is 28.3. The molecule has 3 aromatic rings. The Morgan fingerprint density at radius 1 is 1.09 bits per heavy atom. The second kappa shape index (κ2) is 11.5. The lowest BCUT2D eigenvalue weighted by Crippen LogP contribution is -2.40. The van der Waals surface area contributed by atoms with Crippen LogP contribution in [0.25, 0.3) is 0 Å². The number of carbonyl (C=O) groups is 2. The van der Waals surface area contributed by atoms with Crippen LogP contribution in [0, 0.1) is 0 Å². The van der Waals surface area contributed by atoms with Gasteiger partial charge in [-0.25, -0.2) is 0 Å². The highest BCUT2D eigenvalue weighted by atomic mass is 127. The zero-order valence-corrected chi connectivity index (χ0v) is 20.5. The Bertz CT molecular complexity index is 1110. The second-order valence-corrected chi connectivity index (χ2v) is 7.47. The van der Waals surface area contributed by atoms with E-state index < -0.39 is 0 Å². The van der Waals surface area contributed by atoms with Crippen LogP contribution in [0.15, 0.2) is 76.3 Å². The molecule has 4 rings (SSSR count). The fourth-order valence-electron chi connectivity index (χ4n) is 3.62. The van der Waals surface area contributed by atoms with Crippen molar-refractivity contribution in [2.24, 2.45) is 4.99 Å². The lowest BCUT2D eigenvalue weighted by molar-refractivity contribution is -0.116. The number of benzene rings is 2. The van der Waals surface area contributed by atoms with Crippen molar-refractivity contribution < 1.29 is 14.0 Å². The van der Waals surface area contributed by atoms with E-state index in [2.05, 4.69) is 26.3 Å². The molecule has 33 heavy (non-hydrogen) atoms. The molecule has 1 aliphatic heterocycles. The van der Waals surface area contributed by atoms with Crippen LogP contribution in [0.1, 0.15) is 34.0 Å². The number of amides is 2. The van der Waals surface area contributed by atoms with E-state index in [1.807, 2.05) is 48.5 Å². The first-order valence-electron chi connectivity index (χ1n) is 10.4. The van der Waals surface area contributed by atoms with Crippen molar-refractivity contribution in [2.45, 2.75) is 18.9 Å². The minimum absolute atomic E-state index is 0. The summed E-state index contributed by atoms with van der Waals surface area (Å²) in [5.41, 5.74) is 3.72. The number of guanidine groups is 1. The maximum atomic E-state index is 12.0. The smallest absolute Gasteiger partial charge is 0.291 e. The molecule has 1 atom stereocenters. The van der Waals surface area contributed by atoms with Crippen molar-refractivity contribution in [3.05, 3.63) is 83.8 Å². The molecule has 0 saturated heterocycles. The highest BCUT2D eigenvalue weighted by Gasteiger charge is 2.24. The number of hydrogen-bond acceptors (Lipinski definition) is 4. The van der Waals surface area contributed by atoms with Crippen LogP contribution in [0.5, 0.6) is 0 Å². The van der Waals surface area contributed by atoms with E-state index in [-0.39, 0.29) is 47.5 Å². The third-order valence-corrected chi connectivity index (χ3v) is 5.26. The van der Waals surface area contributed by atoms with Crippen LogP contribution in [-0.4, -0.2) is 31.4 Å². The summed E-state index contributed by atoms with van der Waals surface area (Å²) in [5, 5.41) is 12.3. The van der Waals surface area contributed by atoms with Crippen molar-refractivity contribution in [3.8, 4) is 0 Å². The van der Waals surface area contributed by atoms with Crippen molar-refractivity contribution in [1.29, 1.82) is 0 Å². The summed E-state index contributed by atoms with van der Waals surface area (Å²) in [6.45, 7) is 1.16. The normalized spacial score (nSPS) is 15.0. The van der Waals surface area contributed by atoms with Gasteiger partial charge in [0.1, 0.15) is 0 Å². The average Bonchev–Trinajstić information content (AvgIpc) is 3.35. The fraction of sp³-hybridized carbons (Fsp3) is 0.208. The first-order chi connectivity index (χ1) is 15.6. The number of fused-ring (bicyclic) bond motifs is 1. The third-order valence-electron chi connectivity index (χ3n) is 5.26. The molecule has 8 nitrogen and oxygen atoms in total. The van der Waals surface area contributed by atoms with E-state index in [0.717, 1.165) is 16.8 Å². The summed E-state index contributed by atoms with van der Waals surface area (Å²) in [6, 6.07) is 18.7. The van der Waals surface area contributed by atoms with E-state index in [1.54, 1.807) is 19.2 Å². The topological polar surface area (TPSA) is 108 Å². The lowest BCUT2D eigenvalue weighted by atomic mass is 9.90. The highest BCUT2D eigenvalue weighted by Crippen LogP contribution is 2.31. The molecule has 0 aliphatic carbocycles. The Hall–Kier alpha value is -3.34. The van der Waals surface area contributed by atoms with Gasteiger partial charge in [0, 0.05) is 43.9 Å². The lowest BCUT2D eigenvalue weighted by Gasteiger charge is -2.26. The first-order valence-corrected chi connectivity index (χ1v) is 10.4. The minimum Gasteiger partial charge on any atom is -0.459 e. The van der Waals surface area contributed by atoms with Gasteiger partial charge in [-0.1, -0.05) is 30.3 Å². The highest BCUT2D eigenvalue weighted by molar-refractivity contribution is 14.0. The average molecular weight is 559 g/mol. The van der Waals surface area contributed by atoms with Gasteiger partial charge in [-0.15, -0.1) is 24.0 Å². The van der Waals surface area contributed by atoms with Crippen LogP contribution in [0.2, 0.25) is 0 Å². The van der Waals surface area contributed by atoms with Gasteiger partial charge in [0.2, 0.25) is 5.91 Å². The van der Waals surface area contributed by atoms with Gasteiger partial charge in [-0.2, -0.15) is 0 Å². The van der Waals surface area contributed by atoms with Gasteiger partial charge in [0.15, 0.2) is 11.7 Å². The molecule has 2 heterocycles. The number of aliphatic imine (C=N–C) groups is 1. The number of nitrogens with one attached hydrogen (secondary N) is 4. The molecule has 1 aliphatic rings. The zero-order chi connectivity index (χ0) is 22.3. The third kappa shape index (κ3) is 6.35. The van der Waals surface area contributed by atoms with E-state index in [1.165, 1.54) is 6.26 Å². The van der Waals surface area contributed by atoms with Crippen molar-refractivity contribution in [3.63, 3.8) is 0 Å². The molecule has 4 N–H and O–H groups in total. The summed E-state index contributed by atoms with van der Waals surface area (Å²) in [6.07, 6.45) is 1.90. The minimum atomic E-state index is -0.288. The molecule has 9 heteroatoms. The van der Waals surface area contributed by atoms with E-state index in [9.17, 15) is 9.59 Å². The summed E-state index contributed by atoms with van der Waals surface area (Å²) < 4.78 is 5.10. The van der Waals surface area contributed by atoms with Crippen LogP contribution in [-0.2, 0) is 11.3 Å². The molecule has 172 valence electrons. The van der Waals surface area contributed by atoms with E-state index in [4.69, 9.17) is 4.42 Å². The van der Waals surface area contributed by atoms with Crippen LogP contribution >= 0.6 is 24.0 Å². The number of nitrogens with zero attached hydrogens (tertiary/aromatic N) is 1. The first kappa shape index (κ1) is 24.3. The van der Waals surface area contributed by atoms with E-state index in [0.29, 0.717) is 31.2 Å². The molecule has 0 bridgehead atoms. The van der Waals surface area contributed by atoms with Crippen LogP contribution < -0.4 is 21.3 Å². The largest absolute Gasteiger partial charge is 0.459 e. The standard InChI is InChI=1S/C24H25N5O3.HI/c1-25-24(27-15-17-13-22(30)29-20-6-3-2-5-19(17)20)26-14-16-8-10-18(11-9-16)28-23(31)21-7-4-12-32-21;/h2-12,17H,13-15H2,1H3,(H,28,31)(H,29,30)(H2,25,26,27);1H. The van der Waals surface area contributed by atoms with Gasteiger partial charge in [0.25, 0.3) is 5.91 Å². The molecular formula is C24H26IN5O3. The molecule has 0 fully saturated rings. The number of hydrogen-bond donors (Lipinski definition) is 4. The Morgan fingerprint density at radius 2 is 1.88 bits per heavy atom. The molecule has 1 unspecified atom stereocenters. The number of furan rings is 1. The van der Waals surface area contributed by atoms with Crippen molar-refractivity contribution in [1.82, 2.24) is 10.6 Å².